The van der Waals surface area contributed by atoms with Gasteiger partial charge in [-0.1, -0.05) is 48.5 Å². The molecule has 4 nitrogen and oxygen atoms in total. The van der Waals surface area contributed by atoms with Crippen LogP contribution in [-0.4, -0.2) is 30.6 Å². The highest BCUT2D eigenvalue weighted by molar-refractivity contribution is 5.76. The van der Waals surface area contributed by atoms with Gasteiger partial charge in [-0.25, -0.2) is 0 Å². The molecule has 1 saturated heterocycles. The van der Waals surface area contributed by atoms with Crippen LogP contribution < -0.4 is 4.74 Å². The summed E-state index contributed by atoms with van der Waals surface area (Å²) in [5.74, 6) is 0.958. The van der Waals surface area contributed by atoms with Crippen molar-refractivity contribution in [3.05, 3.63) is 66.2 Å². The van der Waals surface area contributed by atoms with Crippen LogP contribution in [0.2, 0.25) is 0 Å². The lowest BCUT2D eigenvalue weighted by Crippen LogP contribution is -2.31. The molecule has 0 saturated carbocycles. The monoisotopic (exact) mass is 311 g/mol. The molecule has 2 aromatic rings. The fourth-order valence-corrected chi connectivity index (χ4v) is 2.69. The third-order valence-corrected chi connectivity index (χ3v) is 3.84. The van der Waals surface area contributed by atoms with E-state index in [1.54, 1.807) is 0 Å². The Morgan fingerprint density at radius 2 is 1.78 bits per heavy atom. The molecule has 1 fully saturated rings. The minimum Gasteiger partial charge on any atom is -0.494 e. The number of carbonyl (C=O) groups excluding carboxylic acids is 1. The SMILES string of the molecule is O=C(CCCOc1ccccc1)N1CCOC1c1ccccc1. The smallest absolute Gasteiger partial charge is 0.225 e. The second kappa shape index (κ2) is 7.79. The molecule has 1 aliphatic heterocycles. The van der Waals surface area contributed by atoms with Gasteiger partial charge < -0.3 is 14.4 Å². The molecule has 0 radical (unpaired) electrons. The average Bonchev–Trinajstić information content (AvgIpc) is 3.10. The van der Waals surface area contributed by atoms with Crippen LogP contribution in [0.25, 0.3) is 0 Å². The van der Waals surface area contributed by atoms with Crippen LogP contribution >= 0.6 is 0 Å². The summed E-state index contributed by atoms with van der Waals surface area (Å²) < 4.78 is 11.4. The first-order chi connectivity index (χ1) is 11.3. The van der Waals surface area contributed by atoms with Gasteiger partial charge in [-0.2, -0.15) is 0 Å². The minimum absolute atomic E-state index is 0.119. The number of nitrogens with zero attached hydrogens (tertiary/aromatic N) is 1. The fourth-order valence-electron chi connectivity index (χ4n) is 2.69. The van der Waals surface area contributed by atoms with Gasteiger partial charge in [0.2, 0.25) is 5.91 Å². The molecule has 1 heterocycles. The van der Waals surface area contributed by atoms with Crippen molar-refractivity contribution < 1.29 is 14.3 Å². The van der Waals surface area contributed by atoms with E-state index in [2.05, 4.69) is 0 Å². The Kier molecular flexibility index (Phi) is 5.27. The van der Waals surface area contributed by atoms with Crippen molar-refractivity contribution in [3.8, 4) is 5.75 Å². The van der Waals surface area contributed by atoms with Crippen molar-refractivity contribution in [3.63, 3.8) is 0 Å². The highest BCUT2D eigenvalue weighted by Gasteiger charge is 2.30. The number of ether oxygens (including phenoxy) is 2. The summed E-state index contributed by atoms with van der Waals surface area (Å²) in [6, 6.07) is 19.5. The first-order valence-corrected chi connectivity index (χ1v) is 7.98. The molecule has 2 aromatic carbocycles. The molecule has 0 aromatic heterocycles. The van der Waals surface area contributed by atoms with Gasteiger partial charge in [0.15, 0.2) is 6.23 Å². The van der Waals surface area contributed by atoms with Crippen LogP contribution in [0.3, 0.4) is 0 Å². The summed E-state index contributed by atoms with van der Waals surface area (Å²) in [5, 5.41) is 0. The van der Waals surface area contributed by atoms with Gasteiger partial charge in [-0.15, -0.1) is 0 Å². The second-order valence-electron chi connectivity index (χ2n) is 5.49. The maximum atomic E-state index is 12.4. The van der Waals surface area contributed by atoms with E-state index in [4.69, 9.17) is 9.47 Å². The molecule has 3 rings (SSSR count). The molecule has 1 atom stereocenters. The molecule has 1 unspecified atom stereocenters. The second-order valence-corrected chi connectivity index (χ2v) is 5.49. The largest absolute Gasteiger partial charge is 0.494 e. The van der Waals surface area contributed by atoms with E-state index in [0.717, 1.165) is 11.3 Å². The number of hydrogen-bond acceptors (Lipinski definition) is 3. The highest BCUT2D eigenvalue weighted by Crippen LogP contribution is 2.27. The van der Waals surface area contributed by atoms with Crippen LogP contribution in [0.5, 0.6) is 5.75 Å². The zero-order chi connectivity index (χ0) is 15.9. The van der Waals surface area contributed by atoms with Gasteiger partial charge >= 0.3 is 0 Å². The van der Waals surface area contributed by atoms with E-state index in [-0.39, 0.29) is 12.1 Å². The molecule has 23 heavy (non-hydrogen) atoms. The molecule has 1 aliphatic rings. The van der Waals surface area contributed by atoms with Crippen molar-refractivity contribution in [2.45, 2.75) is 19.1 Å². The van der Waals surface area contributed by atoms with E-state index in [0.29, 0.717) is 32.6 Å². The van der Waals surface area contributed by atoms with Crippen molar-refractivity contribution >= 4 is 5.91 Å². The quantitative estimate of drug-likeness (QED) is 0.768. The number of carbonyl (C=O) groups is 1. The summed E-state index contributed by atoms with van der Waals surface area (Å²) >= 11 is 0. The minimum atomic E-state index is -0.251. The van der Waals surface area contributed by atoms with E-state index in [1.165, 1.54) is 0 Å². The van der Waals surface area contributed by atoms with Crippen LogP contribution in [0, 0.1) is 0 Å². The summed E-state index contributed by atoms with van der Waals surface area (Å²) in [6.07, 6.45) is 0.921. The molecule has 0 aliphatic carbocycles. The summed E-state index contributed by atoms with van der Waals surface area (Å²) in [5.41, 5.74) is 1.03. The van der Waals surface area contributed by atoms with Crippen molar-refractivity contribution in [2.24, 2.45) is 0 Å². The maximum Gasteiger partial charge on any atom is 0.225 e. The fraction of sp³-hybridized carbons (Fsp3) is 0.316. The van der Waals surface area contributed by atoms with E-state index in [1.807, 2.05) is 65.6 Å². The van der Waals surface area contributed by atoms with Gasteiger partial charge in [-0.3, -0.25) is 4.79 Å². The summed E-state index contributed by atoms with van der Waals surface area (Å²) in [7, 11) is 0. The lowest BCUT2D eigenvalue weighted by atomic mass is 10.1. The van der Waals surface area contributed by atoms with E-state index < -0.39 is 0 Å². The molecule has 4 heteroatoms. The average molecular weight is 311 g/mol. The molecule has 0 bridgehead atoms. The molecule has 120 valence electrons. The Balaban J connectivity index is 1.48. The molecule has 0 N–H and O–H groups in total. The Morgan fingerprint density at radius 3 is 2.52 bits per heavy atom. The van der Waals surface area contributed by atoms with Crippen molar-refractivity contribution in [1.29, 1.82) is 0 Å². The zero-order valence-electron chi connectivity index (χ0n) is 13.1. The van der Waals surface area contributed by atoms with E-state index in [9.17, 15) is 4.79 Å². The molecule has 1 amide bonds. The maximum absolute atomic E-state index is 12.4. The first kappa shape index (κ1) is 15.6. The van der Waals surface area contributed by atoms with Gasteiger partial charge in [0, 0.05) is 18.5 Å². The Hall–Kier alpha value is -2.33. The highest BCUT2D eigenvalue weighted by atomic mass is 16.5. The zero-order valence-corrected chi connectivity index (χ0v) is 13.1. The number of para-hydroxylation sites is 1. The van der Waals surface area contributed by atoms with Gasteiger partial charge in [-0.05, 0) is 18.6 Å². The topological polar surface area (TPSA) is 38.8 Å². The van der Waals surface area contributed by atoms with Crippen LogP contribution in [0.15, 0.2) is 60.7 Å². The van der Waals surface area contributed by atoms with Crippen molar-refractivity contribution in [1.82, 2.24) is 4.90 Å². The van der Waals surface area contributed by atoms with Gasteiger partial charge in [0.1, 0.15) is 5.75 Å². The lowest BCUT2D eigenvalue weighted by Gasteiger charge is -2.23. The number of hydrogen-bond donors (Lipinski definition) is 0. The third-order valence-electron chi connectivity index (χ3n) is 3.84. The standard InChI is InChI=1S/C19H21NO3/c21-18(12-7-14-22-17-10-5-2-6-11-17)20-13-15-23-19(20)16-8-3-1-4-9-16/h1-6,8-11,19H,7,12-15H2. The molecular formula is C19H21NO3. The van der Waals surface area contributed by atoms with E-state index >= 15 is 0 Å². The number of amides is 1. The third kappa shape index (κ3) is 4.11. The lowest BCUT2D eigenvalue weighted by molar-refractivity contribution is -0.136. The molecular weight excluding hydrogens is 290 g/mol. The normalized spacial score (nSPS) is 17.2. The van der Waals surface area contributed by atoms with Crippen LogP contribution in [0.4, 0.5) is 0 Å². The van der Waals surface area contributed by atoms with Crippen LogP contribution in [-0.2, 0) is 9.53 Å². The molecule has 0 spiro atoms. The van der Waals surface area contributed by atoms with Gasteiger partial charge in [0.05, 0.1) is 13.2 Å². The Morgan fingerprint density at radius 1 is 1.09 bits per heavy atom. The Labute approximate surface area is 136 Å². The summed E-state index contributed by atoms with van der Waals surface area (Å²) in [6.45, 7) is 1.78. The predicted molar refractivity (Wildman–Crippen MR) is 88.0 cm³/mol. The van der Waals surface area contributed by atoms with Crippen molar-refractivity contribution in [2.75, 3.05) is 19.8 Å². The Bertz CT molecular complexity index is 615. The van der Waals surface area contributed by atoms with Gasteiger partial charge in [0.25, 0.3) is 0 Å². The summed E-state index contributed by atoms with van der Waals surface area (Å²) in [4.78, 5) is 14.2. The van der Waals surface area contributed by atoms with Crippen LogP contribution in [0.1, 0.15) is 24.6 Å². The predicted octanol–water partition coefficient (Wildman–Crippen LogP) is 3.40. The number of benzene rings is 2. The number of rotatable bonds is 6. The first-order valence-electron chi connectivity index (χ1n) is 7.98.